The van der Waals surface area contributed by atoms with Crippen LogP contribution in [0, 0.1) is 0 Å². The molecule has 0 amide bonds. The fraction of sp³-hybridized carbons (Fsp3) is 0.706. The normalized spacial score (nSPS) is 28.1. The molecule has 2 aliphatic heterocycles. The van der Waals surface area contributed by atoms with Crippen LogP contribution < -0.4 is 0 Å². The number of nitrogens with zero attached hydrogens (tertiary/aromatic N) is 3. The van der Waals surface area contributed by atoms with Gasteiger partial charge in [0.2, 0.25) is 0 Å². The molecule has 0 aliphatic carbocycles. The number of hydrogen-bond acceptors (Lipinski definition) is 5. The molecule has 2 aliphatic rings. The molecule has 3 heterocycles. The van der Waals surface area contributed by atoms with Crippen molar-refractivity contribution in [1.29, 1.82) is 0 Å². The third kappa shape index (κ3) is 3.84. The van der Waals surface area contributed by atoms with Gasteiger partial charge in [0.1, 0.15) is 5.60 Å². The Morgan fingerprint density at radius 2 is 2.18 bits per heavy atom. The smallest absolute Gasteiger partial charge is 0.117 e. The van der Waals surface area contributed by atoms with E-state index in [0.29, 0.717) is 12.6 Å². The van der Waals surface area contributed by atoms with Gasteiger partial charge in [0, 0.05) is 51.2 Å². The summed E-state index contributed by atoms with van der Waals surface area (Å²) in [6.45, 7) is 11.5. The molecule has 5 heteroatoms. The monoisotopic (exact) mass is 305 g/mol. The largest absolute Gasteiger partial charge is 0.377 e. The van der Waals surface area contributed by atoms with Gasteiger partial charge in [-0.05, 0) is 25.5 Å². The first-order valence-corrected chi connectivity index (χ1v) is 8.24. The molecule has 1 atom stereocenters. The van der Waals surface area contributed by atoms with E-state index < -0.39 is 0 Å². The van der Waals surface area contributed by atoms with E-state index in [2.05, 4.69) is 34.7 Å². The highest BCUT2D eigenvalue weighted by Crippen LogP contribution is 2.24. The molecule has 0 aromatic carbocycles. The van der Waals surface area contributed by atoms with Gasteiger partial charge in [0.05, 0.1) is 19.8 Å². The van der Waals surface area contributed by atoms with Gasteiger partial charge >= 0.3 is 0 Å². The van der Waals surface area contributed by atoms with Crippen LogP contribution in [0.3, 0.4) is 0 Å². The molecule has 3 rings (SSSR count). The molecule has 0 radical (unpaired) electrons. The van der Waals surface area contributed by atoms with Crippen LogP contribution in [0.25, 0.3) is 0 Å². The molecule has 1 aromatic rings. The highest BCUT2D eigenvalue weighted by atomic mass is 16.5. The van der Waals surface area contributed by atoms with Gasteiger partial charge in [0.15, 0.2) is 0 Å². The Bertz CT molecular complexity index is 468. The second kappa shape index (κ2) is 7.04. The lowest BCUT2D eigenvalue weighted by Crippen LogP contribution is -2.59. The van der Waals surface area contributed by atoms with Crippen molar-refractivity contribution in [2.24, 2.45) is 0 Å². The highest BCUT2D eigenvalue weighted by Gasteiger charge is 2.40. The number of hydrogen-bond donors (Lipinski definition) is 0. The second-order valence-corrected chi connectivity index (χ2v) is 6.72. The molecular weight excluding hydrogens is 278 g/mol. The van der Waals surface area contributed by atoms with Crippen LogP contribution in [0.5, 0.6) is 0 Å². The predicted octanol–water partition coefficient (Wildman–Crippen LogP) is 1.39. The van der Waals surface area contributed by atoms with E-state index in [1.807, 2.05) is 18.5 Å². The van der Waals surface area contributed by atoms with E-state index in [4.69, 9.17) is 9.47 Å². The van der Waals surface area contributed by atoms with Gasteiger partial charge < -0.3 is 9.47 Å². The first kappa shape index (κ1) is 15.9. The minimum atomic E-state index is -0.193. The van der Waals surface area contributed by atoms with Crippen LogP contribution in [0.1, 0.15) is 19.4 Å². The fourth-order valence-corrected chi connectivity index (χ4v) is 3.37. The average molecular weight is 305 g/mol. The van der Waals surface area contributed by atoms with Crippen molar-refractivity contribution in [3.63, 3.8) is 0 Å². The van der Waals surface area contributed by atoms with Gasteiger partial charge in [0.25, 0.3) is 0 Å². The third-order valence-electron chi connectivity index (χ3n) is 4.57. The Morgan fingerprint density at radius 3 is 2.95 bits per heavy atom. The Balaban J connectivity index is 1.68. The molecule has 1 unspecified atom stereocenters. The van der Waals surface area contributed by atoms with E-state index in [1.165, 1.54) is 5.56 Å². The first-order valence-electron chi connectivity index (χ1n) is 8.24. The zero-order valence-electron chi connectivity index (χ0n) is 13.7. The SMILES string of the molecule is CC(C)N1CCOCC2(CN(Cc3cccnc3)CCO2)C1. The second-order valence-electron chi connectivity index (χ2n) is 6.72. The van der Waals surface area contributed by atoms with Crippen LogP contribution in [0.4, 0.5) is 0 Å². The summed E-state index contributed by atoms with van der Waals surface area (Å²) >= 11 is 0. The average Bonchev–Trinajstić information content (AvgIpc) is 2.71. The number of rotatable bonds is 3. The Hall–Kier alpha value is -1.01. The van der Waals surface area contributed by atoms with E-state index in [9.17, 15) is 0 Å². The predicted molar refractivity (Wildman–Crippen MR) is 85.7 cm³/mol. The van der Waals surface area contributed by atoms with Crippen LogP contribution in [0.2, 0.25) is 0 Å². The topological polar surface area (TPSA) is 37.8 Å². The van der Waals surface area contributed by atoms with Gasteiger partial charge in [-0.1, -0.05) is 6.07 Å². The van der Waals surface area contributed by atoms with Crippen LogP contribution >= 0.6 is 0 Å². The summed E-state index contributed by atoms with van der Waals surface area (Å²) in [5.74, 6) is 0. The molecule has 22 heavy (non-hydrogen) atoms. The molecule has 0 saturated carbocycles. The molecule has 0 bridgehead atoms. The lowest BCUT2D eigenvalue weighted by Gasteiger charge is -2.44. The molecule has 2 saturated heterocycles. The number of ether oxygens (including phenoxy) is 2. The van der Waals surface area contributed by atoms with E-state index >= 15 is 0 Å². The number of morpholine rings is 1. The van der Waals surface area contributed by atoms with Crippen LogP contribution in [-0.4, -0.2) is 72.4 Å². The Kier molecular flexibility index (Phi) is 5.08. The molecule has 1 spiro atoms. The first-order chi connectivity index (χ1) is 10.7. The van der Waals surface area contributed by atoms with E-state index in [0.717, 1.165) is 45.9 Å². The van der Waals surface area contributed by atoms with Gasteiger partial charge in [-0.2, -0.15) is 0 Å². The maximum atomic E-state index is 6.21. The Morgan fingerprint density at radius 1 is 1.27 bits per heavy atom. The van der Waals surface area contributed by atoms with Crippen molar-refractivity contribution >= 4 is 0 Å². The summed E-state index contributed by atoms with van der Waals surface area (Å²) in [5.41, 5.74) is 1.07. The maximum Gasteiger partial charge on any atom is 0.117 e. The maximum absolute atomic E-state index is 6.21. The molecule has 1 aromatic heterocycles. The summed E-state index contributed by atoms with van der Waals surface area (Å²) in [6, 6.07) is 4.66. The minimum absolute atomic E-state index is 0.193. The quantitative estimate of drug-likeness (QED) is 0.844. The van der Waals surface area contributed by atoms with Crippen molar-refractivity contribution in [3.8, 4) is 0 Å². The summed E-state index contributed by atoms with van der Waals surface area (Å²) in [7, 11) is 0. The van der Waals surface area contributed by atoms with Gasteiger partial charge in [-0.15, -0.1) is 0 Å². The van der Waals surface area contributed by atoms with Crippen molar-refractivity contribution in [2.75, 3.05) is 46.0 Å². The van der Waals surface area contributed by atoms with E-state index in [1.54, 1.807) is 0 Å². The van der Waals surface area contributed by atoms with Gasteiger partial charge in [-0.3, -0.25) is 14.8 Å². The lowest BCUT2D eigenvalue weighted by atomic mass is 10.0. The van der Waals surface area contributed by atoms with Crippen molar-refractivity contribution in [1.82, 2.24) is 14.8 Å². The fourth-order valence-electron chi connectivity index (χ4n) is 3.37. The standard InChI is InChI=1S/C17H27N3O2/c1-15(2)20-7-8-21-14-17(13-20)12-19(6-9-22-17)11-16-4-3-5-18-10-16/h3-5,10,15H,6-9,11-14H2,1-2H3. The zero-order valence-corrected chi connectivity index (χ0v) is 13.7. The van der Waals surface area contributed by atoms with Crippen molar-refractivity contribution < 1.29 is 9.47 Å². The summed E-state index contributed by atoms with van der Waals surface area (Å²) < 4.78 is 12.1. The number of aromatic nitrogens is 1. The molecular formula is C17H27N3O2. The third-order valence-corrected chi connectivity index (χ3v) is 4.57. The van der Waals surface area contributed by atoms with Crippen LogP contribution in [0.15, 0.2) is 24.5 Å². The van der Waals surface area contributed by atoms with Gasteiger partial charge in [-0.25, -0.2) is 0 Å². The van der Waals surface area contributed by atoms with Crippen molar-refractivity contribution in [2.45, 2.75) is 32.0 Å². The zero-order chi connectivity index (χ0) is 15.4. The summed E-state index contributed by atoms with van der Waals surface area (Å²) in [4.78, 5) is 9.15. The lowest BCUT2D eigenvalue weighted by molar-refractivity contribution is -0.144. The molecule has 122 valence electrons. The molecule has 0 N–H and O–H groups in total. The molecule has 2 fully saturated rings. The van der Waals surface area contributed by atoms with Crippen LogP contribution in [-0.2, 0) is 16.0 Å². The Labute approximate surface area is 133 Å². The van der Waals surface area contributed by atoms with Crippen molar-refractivity contribution in [3.05, 3.63) is 30.1 Å². The minimum Gasteiger partial charge on any atom is -0.377 e. The molecule has 5 nitrogen and oxygen atoms in total. The highest BCUT2D eigenvalue weighted by molar-refractivity contribution is 5.09. The number of pyridine rings is 1. The summed E-state index contributed by atoms with van der Waals surface area (Å²) in [6.07, 6.45) is 3.77. The van der Waals surface area contributed by atoms with E-state index in [-0.39, 0.29) is 5.60 Å². The summed E-state index contributed by atoms with van der Waals surface area (Å²) in [5, 5.41) is 0.